The molecule has 3 rings (SSSR count). The largest absolute Gasteiger partial charge is 0.454 e. The number of hydrogen-bond donors (Lipinski definition) is 0. The molecule has 0 bridgehead atoms. The fourth-order valence-corrected chi connectivity index (χ4v) is 2.53. The number of nitro benzene ring substituents is 1. The number of aryl methyl sites for hydroxylation is 1. The van der Waals surface area contributed by atoms with Gasteiger partial charge in [0.15, 0.2) is 0 Å². The average Bonchev–Trinajstić information content (AvgIpc) is 2.56. The Bertz CT molecular complexity index is 1110. The summed E-state index contributed by atoms with van der Waals surface area (Å²) in [6, 6.07) is 9.85. The first-order valence-electron chi connectivity index (χ1n) is 6.99. The molecule has 25 heavy (non-hydrogen) atoms. The molecule has 1 aromatic heterocycles. The van der Waals surface area contributed by atoms with Gasteiger partial charge in [-0.2, -0.15) is 5.26 Å². The van der Waals surface area contributed by atoms with Gasteiger partial charge in [0.05, 0.1) is 9.95 Å². The molecule has 0 amide bonds. The highest BCUT2D eigenvalue weighted by atomic mass is 35.5. The summed E-state index contributed by atoms with van der Waals surface area (Å²) in [5, 5.41) is 20.9. The summed E-state index contributed by atoms with van der Waals surface area (Å²) < 4.78 is 10.7. The Hall–Kier alpha value is -3.37. The van der Waals surface area contributed by atoms with Crippen LogP contribution in [0.3, 0.4) is 0 Å². The van der Waals surface area contributed by atoms with Gasteiger partial charge < -0.3 is 9.15 Å². The van der Waals surface area contributed by atoms with Crippen LogP contribution in [0.25, 0.3) is 11.0 Å². The Labute approximate surface area is 145 Å². The van der Waals surface area contributed by atoms with Gasteiger partial charge in [-0.05, 0) is 24.6 Å². The van der Waals surface area contributed by atoms with Crippen LogP contribution in [0.4, 0.5) is 5.69 Å². The van der Waals surface area contributed by atoms with Crippen LogP contribution in [-0.2, 0) is 0 Å². The number of nitro groups is 1. The second-order valence-corrected chi connectivity index (χ2v) is 5.59. The first-order chi connectivity index (χ1) is 11.9. The fourth-order valence-electron chi connectivity index (χ4n) is 2.32. The highest BCUT2D eigenvalue weighted by Gasteiger charge is 2.15. The van der Waals surface area contributed by atoms with E-state index in [0.29, 0.717) is 10.9 Å². The first kappa shape index (κ1) is 16.5. The molecular formula is C17H9ClN2O5. The molecule has 3 aromatic rings. The number of hydrogen-bond acceptors (Lipinski definition) is 6. The SMILES string of the molecule is Cc1cc(=O)oc2cc(Oc3ccc([N+](=O)[O-])cc3C#N)c(Cl)cc12. The van der Waals surface area contributed by atoms with Crippen molar-refractivity contribution in [3.05, 3.63) is 73.1 Å². The van der Waals surface area contributed by atoms with Crippen LogP contribution in [-0.4, -0.2) is 4.92 Å². The minimum Gasteiger partial charge on any atom is -0.454 e. The smallest absolute Gasteiger partial charge is 0.336 e. The Morgan fingerprint density at radius 3 is 2.68 bits per heavy atom. The van der Waals surface area contributed by atoms with Gasteiger partial charge in [0, 0.05) is 29.7 Å². The minimum absolute atomic E-state index is 0.0175. The molecule has 0 aliphatic rings. The normalized spacial score (nSPS) is 10.4. The van der Waals surface area contributed by atoms with Crippen LogP contribution >= 0.6 is 11.6 Å². The molecule has 0 spiro atoms. The molecule has 7 nitrogen and oxygen atoms in total. The topological polar surface area (TPSA) is 106 Å². The Morgan fingerprint density at radius 2 is 2.00 bits per heavy atom. The maximum atomic E-state index is 11.5. The molecule has 0 saturated heterocycles. The molecule has 0 atom stereocenters. The minimum atomic E-state index is -0.606. The third kappa shape index (κ3) is 3.16. The van der Waals surface area contributed by atoms with Crippen molar-refractivity contribution in [1.82, 2.24) is 0 Å². The molecule has 0 N–H and O–H groups in total. The van der Waals surface area contributed by atoms with E-state index in [1.807, 2.05) is 6.07 Å². The number of benzene rings is 2. The molecular weight excluding hydrogens is 348 g/mol. The van der Waals surface area contributed by atoms with E-state index < -0.39 is 10.5 Å². The quantitative estimate of drug-likeness (QED) is 0.393. The third-order valence-electron chi connectivity index (χ3n) is 3.52. The molecule has 2 aromatic carbocycles. The van der Waals surface area contributed by atoms with Crippen molar-refractivity contribution in [3.63, 3.8) is 0 Å². The van der Waals surface area contributed by atoms with Crippen molar-refractivity contribution in [1.29, 1.82) is 5.26 Å². The lowest BCUT2D eigenvalue weighted by molar-refractivity contribution is -0.384. The van der Waals surface area contributed by atoms with E-state index in [9.17, 15) is 20.2 Å². The summed E-state index contributed by atoms with van der Waals surface area (Å²) >= 11 is 6.21. The Morgan fingerprint density at radius 1 is 1.24 bits per heavy atom. The monoisotopic (exact) mass is 356 g/mol. The van der Waals surface area contributed by atoms with Crippen LogP contribution in [0, 0.1) is 28.4 Å². The number of nitriles is 1. The number of non-ortho nitro benzene ring substituents is 1. The molecule has 0 saturated carbocycles. The van der Waals surface area contributed by atoms with E-state index in [0.717, 1.165) is 6.07 Å². The van der Waals surface area contributed by atoms with Crippen molar-refractivity contribution in [2.24, 2.45) is 0 Å². The van der Waals surface area contributed by atoms with Gasteiger partial charge >= 0.3 is 5.63 Å². The van der Waals surface area contributed by atoms with Crippen molar-refractivity contribution >= 4 is 28.3 Å². The van der Waals surface area contributed by atoms with Crippen molar-refractivity contribution in [2.45, 2.75) is 6.92 Å². The van der Waals surface area contributed by atoms with Crippen LogP contribution in [0.2, 0.25) is 5.02 Å². The maximum Gasteiger partial charge on any atom is 0.336 e. The van der Waals surface area contributed by atoms with E-state index in [4.69, 9.17) is 20.8 Å². The second-order valence-electron chi connectivity index (χ2n) is 5.18. The van der Waals surface area contributed by atoms with E-state index >= 15 is 0 Å². The first-order valence-corrected chi connectivity index (χ1v) is 7.37. The van der Waals surface area contributed by atoms with Crippen LogP contribution in [0.15, 0.2) is 45.6 Å². The summed E-state index contributed by atoms with van der Waals surface area (Å²) in [5.74, 6) is 0.262. The van der Waals surface area contributed by atoms with E-state index in [1.54, 1.807) is 13.0 Å². The summed E-state index contributed by atoms with van der Waals surface area (Å²) in [6.07, 6.45) is 0. The van der Waals surface area contributed by atoms with E-state index in [-0.39, 0.29) is 33.4 Å². The molecule has 8 heteroatoms. The highest BCUT2D eigenvalue weighted by Crippen LogP contribution is 2.36. The van der Waals surface area contributed by atoms with Gasteiger partial charge in [0.1, 0.15) is 28.7 Å². The van der Waals surface area contributed by atoms with Crippen molar-refractivity contribution < 1.29 is 14.1 Å². The number of rotatable bonds is 3. The zero-order chi connectivity index (χ0) is 18.1. The molecule has 0 aliphatic carbocycles. The lowest BCUT2D eigenvalue weighted by Gasteiger charge is -2.10. The maximum absolute atomic E-state index is 11.5. The summed E-state index contributed by atoms with van der Waals surface area (Å²) in [6.45, 7) is 1.75. The van der Waals surface area contributed by atoms with Crippen molar-refractivity contribution in [2.75, 3.05) is 0 Å². The molecule has 1 heterocycles. The summed E-state index contributed by atoms with van der Waals surface area (Å²) in [7, 11) is 0. The predicted molar refractivity (Wildman–Crippen MR) is 90.1 cm³/mol. The lowest BCUT2D eigenvalue weighted by atomic mass is 10.1. The van der Waals surface area contributed by atoms with Crippen LogP contribution < -0.4 is 10.4 Å². The van der Waals surface area contributed by atoms with E-state index in [2.05, 4.69) is 0 Å². The highest BCUT2D eigenvalue weighted by molar-refractivity contribution is 6.32. The van der Waals surface area contributed by atoms with Gasteiger partial charge in [0.25, 0.3) is 5.69 Å². The van der Waals surface area contributed by atoms with Gasteiger partial charge in [-0.3, -0.25) is 10.1 Å². The van der Waals surface area contributed by atoms with Crippen LogP contribution in [0.5, 0.6) is 11.5 Å². The van der Waals surface area contributed by atoms with Crippen molar-refractivity contribution in [3.8, 4) is 17.6 Å². The zero-order valence-corrected chi connectivity index (χ0v) is 13.5. The number of fused-ring (bicyclic) bond motifs is 1. The lowest BCUT2D eigenvalue weighted by Crippen LogP contribution is -1.98. The molecule has 0 fully saturated rings. The summed E-state index contributed by atoms with van der Waals surface area (Å²) in [5.41, 5.74) is 0.232. The van der Waals surface area contributed by atoms with Gasteiger partial charge in [-0.15, -0.1) is 0 Å². The standard InChI is InChI=1S/C17H9ClN2O5/c1-9-4-17(21)25-15-7-16(13(18)6-12(9)15)24-14-3-2-11(20(22)23)5-10(14)8-19/h2-7H,1H3. The van der Waals surface area contributed by atoms with Gasteiger partial charge in [-0.25, -0.2) is 4.79 Å². The molecule has 0 aliphatic heterocycles. The fraction of sp³-hybridized carbons (Fsp3) is 0.0588. The average molecular weight is 357 g/mol. The van der Waals surface area contributed by atoms with Crippen LogP contribution in [0.1, 0.15) is 11.1 Å². The summed E-state index contributed by atoms with van der Waals surface area (Å²) in [4.78, 5) is 21.7. The Kier molecular flexibility index (Phi) is 4.13. The Balaban J connectivity index is 2.09. The molecule has 0 radical (unpaired) electrons. The zero-order valence-electron chi connectivity index (χ0n) is 12.8. The van der Waals surface area contributed by atoms with E-state index in [1.165, 1.54) is 24.3 Å². The molecule has 124 valence electrons. The third-order valence-corrected chi connectivity index (χ3v) is 3.81. The predicted octanol–water partition coefficient (Wildman–Crippen LogP) is 4.33. The second kappa shape index (κ2) is 6.26. The number of nitrogens with zero attached hydrogens (tertiary/aromatic N) is 2. The number of halogens is 1. The number of ether oxygens (including phenoxy) is 1. The van der Waals surface area contributed by atoms with Gasteiger partial charge in [-0.1, -0.05) is 11.6 Å². The molecule has 0 unspecified atom stereocenters. The van der Waals surface area contributed by atoms with Gasteiger partial charge in [0.2, 0.25) is 0 Å².